The minimum Gasteiger partial charge on any atom is -0.465 e. The normalized spacial score (nSPS) is 10.3. The molecule has 0 heterocycles. The van der Waals surface area contributed by atoms with Crippen molar-refractivity contribution in [2.24, 2.45) is 0 Å². The van der Waals surface area contributed by atoms with Crippen molar-refractivity contribution in [3.05, 3.63) is 45.5 Å². The van der Waals surface area contributed by atoms with Crippen LogP contribution in [-0.4, -0.2) is 13.1 Å². The lowest BCUT2D eigenvalue weighted by Gasteiger charge is -2.04. The van der Waals surface area contributed by atoms with Gasteiger partial charge in [-0.25, -0.2) is 4.79 Å². The van der Waals surface area contributed by atoms with E-state index in [0.29, 0.717) is 5.56 Å². The number of methoxy groups -OCH3 is 1. The first-order valence-electron chi connectivity index (χ1n) is 4.49. The molecule has 3 heteroatoms. The van der Waals surface area contributed by atoms with E-state index in [2.05, 4.69) is 22.6 Å². The zero-order valence-electron chi connectivity index (χ0n) is 8.16. The van der Waals surface area contributed by atoms with E-state index in [9.17, 15) is 4.79 Å². The van der Waals surface area contributed by atoms with Crippen molar-refractivity contribution in [1.29, 1.82) is 0 Å². The summed E-state index contributed by atoms with van der Waals surface area (Å²) in [7, 11) is 1.40. The predicted octanol–water partition coefficient (Wildman–Crippen LogP) is 3.23. The van der Waals surface area contributed by atoms with Gasteiger partial charge in [0.25, 0.3) is 0 Å². The van der Waals surface area contributed by atoms with Gasteiger partial charge in [0.05, 0.1) is 12.7 Å². The van der Waals surface area contributed by atoms with Gasteiger partial charge in [-0.15, -0.1) is 0 Å². The number of carbonyl (C=O) groups is 1. The lowest BCUT2D eigenvalue weighted by molar-refractivity contribution is 0.0599. The van der Waals surface area contributed by atoms with Gasteiger partial charge in [0, 0.05) is 3.57 Å². The van der Waals surface area contributed by atoms with Crippen LogP contribution >= 0.6 is 22.6 Å². The van der Waals surface area contributed by atoms with Crippen molar-refractivity contribution in [3.63, 3.8) is 0 Å². The number of hydrogen-bond donors (Lipinski definition) is 0. The Balaban J connectivity index is 2.67. The maximum atomic E-state index is 11.5. The summed E-state index contributed by atoms with van der Waals surface area (Å²) in [6.07, 6.45) is 0. The van der Waals surface area contributed by atoms with Gasteiger partial charge < -0.3 is 4.74 Å². The van der Waals surface area contributed by atoms with E-state index in [1.54, 1.807) is 0 Å². The maximum Gasteiger partial charge on any atom is 0.338 e. The highest BCUT2D eigenvalue weighted by atomic mass is 127. The Labute approximate surface area is 101 Å². The zero-order valence-corrected chi connectivity index (χ0v) is 10.3. The van der Waals surface area contributed by atoms with Gasteiger partial charge in [-0.2, -0.15) is 0 Å². The highest BCUT2D eigenvalue weighted by Crippen LogP contribution is 2.22. The molecule has 0 aromatic heterocycles. The van der Waals surface area contributed by atoms with Crippen LogP contribution in [-0.2, 0) is 4.74 Å². The molecule has 0 unspecified atom stereocenters. The lowest BCUT2D eigenvalue weighted by atomic mass is 10.1. The number of fused-ring (bicyclic) bond motifs is 1. The number of ether oxygens (including phenoxy) is 1. The van der Waals surface area contributed by atoms with Crippen molar-refractivity contribution in [1.82, 2.24) is 0 Å². The van der Waals surface area contributed by atoms with Crippen LogP contribution < -0.4 is 0 Å². The Morgan fingerprint density at radius 1 is 1.20 bits per heavy atom. The summed E-state index contributed by atoms with van der Waals surface area (Å²) in [5.74, 6) is -0.287. The second-order valence-electron chi connectivity index (χ2n) is 3.17. The van der Waals surface area contributed by atoms with Gasteiger partial charge in [0.2, 0.25) is 0 Å². The monoisotopic (exact) mass is 312 g/mol. The Morgan fingerprint density at radius 2 is 1.80 bits per heavy atom. The molecule has 0 N–H and O–H groups in total. The van der Waals surface area contributed by atoms with Gasteiger partial charge in [0.1, 0.15) is 0 Å². The molecule has 76 valence electrons. The van der Waals surface area contributed by atoms with Crippen molar-refractivity contribution in [2.75, 3.05) is 7.11 Å². The Morgan fingerprint density at radius 3 is 2.40 bits per heavy atom. The molecule has 0 fully saturated rings. The number of esters is 1. The first-order valence-corrected chi connectivity index (χ1v) is 5.57. The maximum absolute atomic E-state index is 11.5. The smallest absolute Gasteiger partial charge is 0.338 e. The molecule has 0 aliphatic rings. The highest BCUT2D eigenvalue weighted by Gasteiger charge is 2.10. The van der Waals surface area contributed by atoms with Gasteiger partial charge in [0.15, 0.2) is 0 Å². The summed E-state index contributed by atoms with van der Waals surface area (Å²) >= 11 is 2.15. The lowest BCUT2D eigenvalue weighted by Crippen LogP contribution is -2.03. The van der Waals surface area contributed by atoms with Crippen LogP contribution in [0.1, 0.15) is 10.4 Å². The van der Waals surface area contributed by atoms with Crippen LogP contribution in [0.25, 0.3) is 10.8 Å². The first kappa shape index (κ1) is 10.4. The Bertz CT molecular complexity index is 520. The molecule has 0 bridgehead atoms. The molecule has 0 aliphatic heterocycles. The van der Waals surface area contributed by atoms with E-state index in [0.717, 1.165) is 14.3 Å². The fraction of sp³-hybridized carbons (Fsp3) is 0.0833. The van der Waals surface area contributed by atoms with E-state index in [-0.39, 0.29) is 5.97 Å². The summed E-state index contributed by atoms with van der Waals surface area (Å²) < 4.78 is 5.64. The zero-order chi connectivity index (χ0) is 10.8. The minimum absolute atomic E-state index is 0.287. The molecule has 2 rings (SSSR count). The second kappa shape index (κ2) is 4.18. The molecule has 0 amide bonds. The third kappa shape index (κ3) is 1.97. The molecule has 0 radical (unpaired) electrons. The van der Waals surface area contributed by atoms with Gasteiger partial charge in [-0.3, -0.25) is 0 Å². The number of carbonyl (C=O) groups excluding carboxylic acids is 1. The number of hydrogen-bond acceptors (Lipinski definition) is 2. The molecule has 0 atom stereocenters. The van der Waals surface area contributed by atoms with Crippen molar-refractivity contribution >= 4 is 39.3 Å². The van der Waals surface area contributed by atoms with Crippen LogP contribution in [0.15, 0.2) is 36.4 Å². The fourth-order valence-corrected chi connectivity index (χ4v) is 2.19. The van der Waals surface area contributed by atoms with Gasteiger partial charge in [-0.05, 0) is 45.5 Å². The third-order valence-electron chi connectivity index (χ3n) is 2.24. The summed E-state index contributed by atoms with van der Waals surface area (Å²) in [5, 5.41) is 2.19. The Kier molecular flexibility index (Phi) is 2.90. The van der Waals surface area contributed by atoms with E-state index in [1.807, 2.05) is 36.4 Å². The molecular weight excluding hydrogens is 303 g/mol. The number of benzene rings is 2. The summed E-state index contributed by atoms with van der Waals surface area (Å²) in [5.41, 5.74) is 0.622. The molecule has 15 heavy (non-hydrogen) atoms. The highest BCUT2D eigenvalue weighted by molar-refractivity contribution is 14.1. The van der Waals surface area contributed by atoms with E-state index in [1.165, 1.54) is 7.11 Å². The quantitative estimate of drug-likeness (QED) is 0.597. The molecule has 2 nitrogen and oxygen atoms in total. The average molecular weight is 312 g/mol. The van der Waals surface area contributed by atoms with Crippen LogP contribution in [0.5, 0.6) is 0 Å². The van der Waals surface area contributed by atoms with Crippen molar-refractivity contribution in [2.45, 2.75) is 0 Å². The predicted molar refractivity (Wildman–Crippen MR) is 68.0 cm³/mol. The van der Waals surface area contributed by atoms with Crippen LogP contribution in [0.4, 0.5) is 0 Å². The van der Waals surface area contributed by atoms with Gasteiger partial charge >= 0.3 is 5.97 Å². The molecule has 2 aromatic carbocycles. The van der Waals surface area contributed by atoms with Crippen molar-refractivity contribution < 1.29 is 9.53 Å². The Hall–Kier alpha value is -1.10. The van der Waals surface area contributed by atoms with Crippen LogP contribution in [0, 0.1) is 3.57 Å². The van der Waals surface area contributed by atoms with Crippen molar-refractivity contribution in [3.8, 4) is 0 Å². The van der Waals surface area contributed by atoms with Crippen LogP contribution in [0.2, 0.25) is 0 Å². The molecule has 0 spiro atoms. The van der Waals surface area contributed by atoms with Gasteiger partial charge in [-0.1, -0.05) is 24.3 Å². The molecule has 0 aliphatic carbocycles. The molecule has 0 saturated carbocycles. The van der Waals surface area contributed by atoms with E-state index < -0.39 is 0 Å². The molecule has 2 aromatic rings. The largest absolute Gasteiger partial charge is 0.465 e. The van der Waals surface area contributed by atoms with E-state index in [4.69, 9.17) is 4.74 Å². The third-order valence-corrected chi connectivity index (χ3v) is 3.13. The standard InChI is InChI=1S/C12H9IO2/c1-15-12(14)10-6-8-4-2-3-5-9(8)7-11(10)13/h2-7H,1H3. The first-order chi connectivity index (χ1) is 7.22. The summed E-state index contributed by atoms with van der Waals surface area (Å²) in [6, 6.07) is 11.8. The summed E-state index contributed by atoms with van der Waals surface area (Å²) in [4.78, 5) is 11.5. The van der Waals surface area contributed by atoms with Crippen LogP contribution in [0.3, 0.4) is 0 Å². The molecule has 0 saturated heterocycles. The fourth-order valence-electron chi connectivity index (χ4n) is 1.48. The topological polar surface area (TPSA) is 26.3 Å². The number of rotatable bonds is 1. The average Bonchev–Trinajstić information content (AvgIpc) is 2.27. The minimum atomic E-state index is -0.287. The SMILES string of the molecule is COC(=O)c1cc2ccccc2cc1I. The second-order valence-corrected chi connectivity index (χ2v) is 4.33. The molecular formula is C12H9IO2. The summed E-state index contributed by atoms with van der Waals surface area (Å²) in [6.45, 7) is 0. The van der Waals surface area contributed by atoms with E-state index >= 15 is 0 Å². The number of halogens is 1.